The first kappa shape index (κ1) is 13.8. The van der Waals surface area contributed by atoms with Gasteiger partial charge in [-0.1, -0.05) is 23.7 Å². The molecule has 2 N–H and O–H groups in total. The molecule has 0 fully saturated rings. The van der Waals surface area contributed by atoms with Gasteiger partial charge in [0.1, 0.15) is 0 Å². The number of hydrogen-bond donors (Lipinski definition) is 2. The minimum absolute atomic E-state index is 0.594. The molecule has 1 aromatic rings. The molecule has 0 amide bonds. The van der Waals surface area contributed by atoms with E-state index in [0.29, 0.717) is 6.54 Å². The second-order valence-electron chi connectivity index (χ2n) is 4.16. The summed E-state index contributed by atoms with van der Waals surface area (Å²) in [5.41, 5.74) is 0.524. The van der Waals surface area contributed by atoms with Crippen LogP contribution in [0.3, 0.4) is 0 Å². The summed E-state index contributed by atoms with van der Waals surface area (Å²) in [6.07, 6.45) is 1.99. The summed E-state index contributed by atoms with van der Waals surface area (Å²) in [6, 6.07) is 7.72. The fourth-order valence-electron chi connectivity index (χ4n) is 1.44. The van der Waals surface area contributed by atoms with Gasteiger partial charge in [0, 0.05) is 23.9 Å². The second-order valence-corrected chi connectivity index (χ2v) is 5.46. The van der Waals surface area contributed by atoms with Gasteiger partial charge in [0.2, 0.25) is 0 Å². The van der Waals surface area contributed by atoms with Crippen LogP contribution in [-0.4, -0.2) is 29.3 Å². The van der Waals surface area contributed by atoms with Crippen LogP contribution < -0.4 is 5.32 Å². The lowest BCUT2D eigenvalue weighted by atomic mass is 10.1. The third kappa shape index (κ3) is 5.21. The van der Waals surface area contributed by atoms with Crippen molar-refractivity contribution in [3.8, 4) is 0 Å². The SMILES string of the molecule is CSCC(C)(O)CNCc1ccc(Cl)cc1. The highest BCUT2D eigenvalue weighted by atomic mass is 35.5. The van der Waals surface area contributed by atoms with Gasteiger partial charge in [0.25, 0.3) is 0 Å². The zero-order chi connectivity index (χ0) is 12.0. The Labute approximate surface area is 106 Å². The molecule has 4 heteroatoms. The Balaban J connectivity index is 2.32. The molecule has 1 aromatic carbocycles. The Morgan fingerprint density at radius 2 is 2.00 bits per heavy atom. The quantitative estimate of drug-likeness (QED) is 0.824. The van der Waals surface area contributed by atoms with Crippen LogP contribution >= 0.6 is 23.4 Å². The molecule has 0 aromatic heterocycles. The molecule has 90 valence electrons. The van der Waals surface area contributed by atoms with Gasteiger partial charge < -0.3 is 10.4 Å². The van der Waals surface area contributed by atoms with Crippen LogP contribution in [0.25, 0.3) is 0 Å². The van der Waals surface area contributed by atoms with Crippen molar-refractivity contribution in [1.82, 2.24) is 5.32 Å². The van der Waals surface area contributed by atoms with Gasteiger partial charge in [-0.2, -0.15) is 11.8 Å². The van der Waals surface area contributed by atoms with Crippen LogP contribution in [0.1, 0.15) is 12.5 Å². The number of benzene rings is 1. The molecule has 0 saturated heterocycles. The van der Waals surface area contributed by atoms with Gasteiger partial charge >= 0.3 is 0 Å². The topological polar surface area (TPSA) is 32.3 Å². The molecule has 1 unspecified atom stereocenters. The van der Waals surface area contributed by atoms with E-state index in [-0.39, 0.29) is 0 Å². The molecule has 0 spiro atoms. The molecule has 0 radical (unpaired) electrons. The van der Waals surface area contributed by atoms with Crippen molar-refractivity contribution >= 4 is 23.4 Å². The van der Waals surface area contributed by atoms with E-state index >= 15 is 0 Å². The van der Waals surface area contributed by atoms with Crippen molar-refractivity contribution in [1.29, 1.82) is 0 Å². The van der Waals surface area contributed by atoms with Crippen molar-refractivity contribution in [3.05, 3.63) is 34.9 Å². The van der Waals surface area contributed by atoms with E-state index in [1.54, 1.807) is 11.8 Å². The van der Waals surface area contributed by atoms with Crippen molar-refractivity contribution in [3.63, 3.8) is 0 Å². The summed E-state index contributed by atoms with van der Waals surface area (Å²) in [6.45, 7) is 3.19. The summed E-state index contributed by atoms with van der Waals surface area (Å²) < 4.78 is 0. The maximum Gasteiger partial charge on any atom is 0.0833 e. The molecule has 1 rings (SSSR count). The van der Waals surface area contributed by atoms with Gasteiger partial charge in [-0.25, -0.2) is 0 Å². The lowest BCUT2D eigenvalue weighted by molar-refractivity contribution is 0.0846. The van der Waals surface area contributed by atoms with E-state index in [0.717, 1.165) is 17.3 Å². The number of hydrogen-bond acceptors (Lipinski definition) is 3. The largest absolute Gasteiger partial charge is 0.388 e. The van der Waals surface area contributed by atoms with Crippen LogP contribution in [0, 0.1) is 0 Å². The highest BCUT2D eigenvalue weighted by molar-refractivity contribution is 7.98. The van der Waals surface area contributed by atoms with Crippen molar-refractivity contribution < 1.29 is 5.11 Å². The monoisotopic (exact) mass is 259 g/mol. The number of rotatable bonds is 6. The Hall–Kier alpha value is -0.220. The highest BCUT2D eigenvalue weighted by Crippen LogP contribution is 2.11. The Bertz CT molecular complexity index is 313. The summed E-state index contributed by atoms with van der Waals surface area (Å²) in [4.78, 5) is 0. The second kappa shape index (κ2) is 6.50. The van der Waals surface area contributed by atoms with E-state index in [9.17, 15) is 5.11 Å². The number of halogens is 1. The number of aliphatic hydroxyl groups is 1. The molecule has 0 heterocycles. The standard InChI is InChI=1S/C12H18ClNOS/c1-12(15,9-16-2)8-14-7-10-3-5-11(13)6-4-10/h3-6,14-15H,7-9H2,1-2H3. The highest BCUT2D eigenvalue weighted by Gasteiger charge is 2.18. The lowest BCUT2D eigenvalue weighted by Gasteiger charge is -2.22. The maximum absolute atomic E-state index is 9.93. The van der Waals surface area contributed by atoms with E-state index in [4.69, 9.17) is 11.6 Å². The Kier molecular flexibility index (Phi) is 5.62. The minimum atomic E-state index is -0.647. The predicted octanol–water partition coefficient (Wildman–Crippen LogP) is 2.54. The first-order valence-corrected chi connectivity index (χ1v) is 6.97. The first-order valence-electron chi connectivity index (χ1n) is 5.20. The van der Waals surface area contributed by atoms with Crippen LogP contribution in [0.4, 0.5) is 0 Å². The zero-order valence-electron chi connectivity index (χ0n) is 9.66. The Morgan fingerprint density at radius 1 is 1.38 bits per heavy atom. The molecule has 0 bridgehead atoms. The van der Waals surface area contributed by atoms with Crippen LogP contribution in [0.2, 0.25) is 5.02 Å². The van der Waals surface area contributed by atoms with Gasteiger partial charge in [-0.15, -0.1) is 0 Å². The number of thioether (sulfide) groups is 1. The molecule has 0 aliphatic carbocycles. The molecule has 1 atom stereocenters. The summed E-state index contributed by atoms with van der Waals surface area (Å²) in [7, 11) is 0. The van der Waals surface area contributed by atoms with Crippen LogP contribution in [0.15, 0.2) is 24.3 Å². The third-order valence-electron chi connectivity index (χ3n) is 2.20. The maximum atomic E-state index is 9.93. The molecular formula is C12H18ClNOS. The molecule has 0 aliphatic heterocycles. The van der Waals surface area contributed by atoms with Crippen LogP contribution in [-0.2, 0) is 6.54 Å². The average Bonchev–Trinajstić information content (AvgIpc) is 2.20. The summed E-state index contributed by atoms with van der Waals surface area (Å²) in [5, 5.41) is 13.9. The Morgan fingerprint density at radius 3 is 2.56 bits per heavy atom. The van der Waals surface area contributed by atoms with E-state index in [1.807, 2.05) is 37.4 Å². The van der Waals surface area contributed by atoms with Gasteiger partial charge in [0.15, 0.2) is 0 Å². The molecule has 0 saturated carbocycles. The van der Waals surface area contributed by atoms with Gasteiger partial charge in [-0.3, -0.25) is 0 Å². The molecule has 0 aliphatic rings. The normalized spacial score (nSPS) is 14.8. The van der Waals surface area contributed by atoms with Crippen molar-refractivity contribution in [2.75, 3.05) is 18.6 Å². The average molecular weight is 260 g/mol. The van der Waals surface area contributed by atoms with Gasteiger partial charge in [-0.05, 0) is 30.9 Å². The minimum Gasteiger partial charge on any atom is -0.388 e. The predicted molar refractivity (Wildman–Crippen MR) is 72.2 cm³/mol. The molecule has 16 heavy (non-hydrogen) atoms. The smallest absolute Gasteiger partial charge is 0.0833 e. The van der Waals surface area contributed by atoms with E-state index < -0.39 is 5.60 Å². The first-order chi connectivity index (χ1) is 7.53. The fourth-order valence-corrected chi connectivity index (χ4v) is 2.29. The lowest BCUT2D eigenvalue weighted by Crippen LogP contribution is -2.39. The fraction of sp³-hybridized carbons (Fsp3) is 0.500. The van der Waals surface area contributed by atoms with E-state index in [2.05, 4.69) is 5.32 Å². The van der Waals surface area contributed by atoms with Gasteiger partial charge in [0.05, 0.1) is 5.60 Å². The summed E-state index contributed by atoms with van der Waals surface area (Å²) in [5.74, 6) is 0.737. The van der Waals surface area contributed by atoms with Crippen molar-refractivity contribution in [2.24, 2.45) is 0 Å². The zero-order valence-corrected chi connectivity index (χ0v) is 11.2. The summed E-state index contributed by atoms with van der Waals surface area (Å²) >= 11 is 7.45. The van der Waals surface area contributed by atoms with E-state index in [1.165, 1.54) is 5.56 Å². The number of nitrogens with one attached hydrogen (secondary N) is 1. The molecule has 2 nitrogen and oxygen atoms in total. The van der Waals surface area contributed by atoms with Crippen LogP contribution in [0.5, 0.6) is 0 Å². The third-order valence-corrected chi connectivity index (χ3v) is 3.37. The van der Waals surface area contributed by atoms with Crippen molar-refractivity contribution in [2.45, 2.75) is 19.1 Å². The molecular weight excluding hydrogens is 242 g/mol.